The standard InChI is InChI=1S/C24H26ClNO4S.ClH/c1-2-30-21-7-4-8-23(16-21)31(28,29)22-11-9-18(10-12-22)13-14-26-17-24(27)19-5-3-6-20(25)15-19;/h3-12,15-16,24,26-27H,2,13-14,17H2,1H3;1H/t24-;/m0./s1. The number of halogens is 2. The van der Waals surface area contributed by atoms with Crippen molar-refractivity contribution < 1.29 is 18.3 Å². The van der Waals surface area contributed by atoms with E-state index in [-0.39, 0.29) is 22.2 Å². The molecule has 0 radical (unpaired) electrons. The van der Waals surface area contributed by atoms with E-state index in [1.54, 1.807) is 48.5 Å². The van der Waals surface area contributed by atoms with E-state index in [4.69, 9.17) is 16.3 Å². The van der Waals surface area contributed by atoms with Crippen LogP contribution in [0.25, 0.3) is 0 Å². The Morgan fingerprint density at radius 3 is 2.41 bits per heavy atom. The van der Waals surface area contributed by atoms with Crippen LogP contribution in [0.15, 0.2) is 82.6 Å². The van der Waals surface area contributed by atoms with Crippen LogP contribution in [0.2, 0.25) is 5.02 Å². The summed E-state index contributed by atoms with van der Waals surface area (Å²) >= 11 is 5.96. The fourth-order valence-electron chi connectivity index (χ4n) is 3.17. The summed E-state index contributed by atoms with van der Waals surface area (Å²) in [7, 11) is -3.61. The number of hydrogen-bond donors (Lipinski definition) is 2. The van der Waals surface area contributed by atoms with Crippen LogP contribution in [0.1, 0.15) is 24.2 Å². The minimum Gasteiger partial charge on any atom is -0.494 e. The number of hydrogen-bond acceptors (Lipinski definition) is 5. The Morgan fingerprint density at radius 2 is 1.72 bits per heavy atom. The Kier molecular flexibility index (Phi) is 10.0. The van der Waals surface area contributed by atoms with Crippen LogP contribution in [-0.2, 0) is 16.3 Å². The van der Waals surface area contributed by atoms with Gasteiger partial charge in [-0.1, -0.05) is 41.9 Å². The molecule has 0 aliphatic carbocycles. The molecule has 0 bridgehead atoms. The number of aliphatic hydroxyl groups is 1. The molecule has 0 aliphatic heterocycles. The predicted octanol–water partition coefficient (Wildman–Crippen LogP) is 4.86. The largest absolute Gasteiger partial charge is 0.494 e. The summed E-state index contributed by atoms with van der Waals surface area (Å²) in [5.74, 6) is 0.534. The molecular weight excluding hydrogens is 469 g/mol. The molecule has 172 valence electrons. The molecule has 8 heteroatoms. The molecule has 5 nitrogen and oxygen atoms in total. The fourth-order valence-corrected chi connectivity index (χ4v) is 4.67. The Bertz CT molecular complexity index is 1100. The first-order chi connectivity index (χ1) is 14.9. The van der Waals surface area contributed by atoms with Gasteiger partial charge >= 0.3 is 0 Å². The van der Waals surface area contributed by atoms with Crippen molar-refractivity contribution in [1.82, 2.24) is 5.32 Å². The van der Waals surface area contributed by atoms with Crippen LogP contribution in [0.5, 0.6) is 5.75 Å². The van der Waals surface area contributed by atoms with Crippen LogP contribution in [0.4, 0.5) is 0 Å². The van der Waals surface area contributed by atoms with Crippen molar-refractivity contribution in [1.29, 1.82) is 0 Å². The van der Waals surface area contributed by atoms with Crippen molar-refractivity contribution in [3.05, 3.63) is 88.9 Å². The highest BCUT2D eigenvalue weighted by atomic mass is 35.5. The van der Waals surface area contributed by atoms with Gasteiger partial charge in [0, 0.05) is 11.6 Å². The summed E-state index contributed by atoms with van der Waals surface area (Å²) in [6.45, 7) is 3.39. The van der Waals surface area contributed by atoms with Gasteiger partial charge < -0.3 is 15.2 Å². The maximum absolute atomic E-state index is 12.9. The molecule has 0 aliphatic rings. The van der Waals surface area contributed by atoms with Gasteiger partial charge in [0.15, 0.2) is 0 Å². The average molecular weight is 496 g/mol. The molecule has 0 saturated heterocycles. The topological polar surface area (TPSA) is 75.6 Å². The van der Waals surface area contributed by atoms with Gasteiger partial charge in [0.05, 0.1) is 22.5 Å². The van der Waals surface area contributed by atoms with Crippen molar-refractivity contribution in [3.8, 4) is 5.75 Å². The zero-order valence-corrected chi connectivity index (χ0v) is 20.1. The highest BCUT2D eigenvalue weighted by Gasteiger charge is 2.18. The van der Waals surface area contributed by atoms with Crippen LogP contribution in [0.3, 0.4) is 0 Å². The maximum atomic E-state index is 12.9. The number of benzene rings is 3. The van der Waals surface area contributed by atoms with Gasteiger partial charge in [-0.25, -0.2) is 8.42 Å². The molecule has 0 spiro atoms. The van der Waals surface area contributed by atoms with E-state index >= 15 is 0 Å². The molecule has 3 rings (SSSR count). The lowest BCUT2D eigenvalue weighted by molar-refractivity contribution is 0.175. The minimum absolute atomic E-state index is 0. The summed E-state index contributed by atoms with van der Waals surface area (Å²) in [4.78, 5) is 0.456. The van der Waals surface area contributed by atoms with Crippen molar-refractivity contribution in [2.24, 2.45) is 0 Å². The second-order valence-electron chi connectivity index (χ2n) is 7.08. The SMILES string of the molecule is CCOc1cccc(S(=O)(=O)c2ccc(CCNC[C@H](O)c3cccc(Cl)c3)cc2)c1.Cl. The lowest BCUT2D eigenvalue weighted by atomic mass is 10.1. The molecule has 1 atom stereocenters. The molecule has 3 aromatic carbocycles. The van der Waals surface area contributed by atoms with Crippen LogP contribution < -0.4 is 10.1 Å². The molecule has 0 heterocycles. The third kappa shape index (κ3) is 6.95. The van der Waals surface area contributed by atoms with E-state index in [1.807, 2.05) is 31.2 Å². The van der Waals surface area contributed by atoms with Gasteiger partial charge in [-0.05, 0) is 73.5 Å². The highest BCUT2D eigenvalue weighted by Crippen LogP contribution is 2.24. The first-order valence-electron chi connectivity index (χ1n) is 10.1. The van der Waals surface area contributed by atoms with Crippen molar-refractivity contribution in [3.63, 3.8) is 0 Å². The zero-order chi connectivity index (χ0) is 22.3. The normalized spacial score (nSPS) is 12.1. The second-order valence-corrected chi connectivity index (χ2v) is 9.47. The molecule has 2 N–H and O–H groups in total. The van der Waals surface area contributed by atoms with Gasteiger partial charge in [-0.15, -0.1) is 12.4 Å². The molecule has 0 amide bonds. The summed E-state index contributed by atoms with van der Waals surface area (Å²) in [6.07, 6.45) is 0.0706. The van der Waals surface area contributed by atoms with Gasteiger partial charge in [0.25, 0.3) is 0 Å². The maximum Gasteiger partial charge on any atom is 0.206 e. The summed E-state index contributed by atoms with van der Waals surface area (Å²) < 4.78 is 31.2. The summed E-state index contributed by atoms with van der Waals surface area (Å²) in [6, 6.07) is 20.6. The first-order valence-corrected chi connectivity index (χ1v) is 12.0. The second kappa shape index (κ2) is 12.2. The van der Waals surface area contributed by atoms with Gasteiger partial charge in [0.2, 0.25) is 9.84 Å². The van der Waals surface area contributed by atoms with Gasteiger partial charge in [-0.2, -0.15) is 0 Å². The summed E-state index contributed by atoms with van der Waals surface area (Å²) in [5, 5.41) is 14.0. The van der Waals surface area contributed by atoms with Crippen molar-refractivity contribution >= 4 is 33.8 Å². The van der Waals surface area contributed by atoms with Crippen molar-refractivity contribution in [2.75, 3.05) is 19.7 Å². The smallest absolute Gasteiger partial charge is 0.206 e. The Balaban J connectivity index is 0.00000363. The van der Waals surface area contributed by atoms with E-state index in [1.165, 1.54) is 0 Å². The van der Waals surface area contributed by atoms with Crippen molar-refractivity contribution in [2.45, 2.75) is 29.2 Å². The Labute approximate surface area is 200 Å². The Morgan fingerprint density at radius 1 is 1.00 bits per heavy atom. The molecule has 3 aromatic rings. The number of aliphatic hydroxyl groups excluding tert-OH is 1. The highest BCUT2D eigenvalue weighted by molar-refractivity contribution is 7.91. The number of ether oxygens (including phenoxy) is 1. The van der Waals surface area contributed by atoms with E-state index < -0.39 is 15.9 Å². The third-order valence-corrected chi connectivity index (χ3v) is 6.82. The number of sulfone groups is 1. The summed E-state index contributed by atoms with van der Waals surface area (Å²) in [5.41, 5.74) is 1.77. The van der Waals surface area contributed by atoms with E-state index in [2.05, 4.69) is 5.32 Å². The van der Waals surface area contributed by atoms with E-state index in [0.29, 0.717) is 36.9 Å². The number of nitrogens with one attached hydrogen (secondary N) is 1. The molecule has 0 aromatic heterocycles. The molecule has 32 heavy (non-hydrogen) atoms. The van der Waals surface area contributed by atoms with E-state index in [0.717, 1.165) is 11.1 Å². The molecule has 0 unspecified atom stereocenters. The minimum atomic E-state index is -3.61. The van der Waals surface area contributed by atoms with Crippen LogP contribution in [0, 0.1) is 0 Å². The quantitative estimate of drug-likeness (QED) is 0.392. The third-order valence-electron chi connectivity index (χ3n) is 4.82. The number of rotatable bonds is 10. The predicted molar refractivity (Wildman–Crippen MR) is 130 cm³/mol. The first kappa shape index (κ1) is 26.2. The monoisotopic (exact) mass is 495 g/mol. The van der Waals surface area contributed by atoms with Crippen LogP contribution >= 0.6 is 24.0 Å². The lowest BCUT2D eigenvalue weighted by Crippen LogP contribution is -2.23. The molecule has 0 fully saturated rings. The van der Waals surface area contributed by atoms with E-state index in [9.17, 15) is 13.5 Å². The van der Waals surface area contributed by atoms with Crippen LogP contribution in [-0.4, -0.2) is 33.2 Å². The lowest BCUT2D eigenvalue weighted by Gasteiger charge is -2.13. The Hall–Kier alpha value is -2.09. The fraction of sp³-hybridized carbons (Fsp3) is 0.250. The molecular formula is C24H27Cl2NO4S. The average Bonchev–Trinajstić information content (AvgIpc) is 2.77. The van der Waals surface area contributed by atoms with Gasteiger partial charge in [-0.3, -0.25) is 0 Å². The molecule has 0 saturated carbocycles. The zero-order valence-electron chi connectivity index (χ0n) is 17.7. The van der Waals surface area contributed by atoms with Gasteiger partial charge in [0.1, 0.15) is 5.75 Å².